The minimum Gasteiger partial charge on any atom is -0.493 e. The van der Waals surface area contributed by atoms with Gasteiger partial charge in [-0.2, -0.15) is 0 Å². The van der Waals surface area contributed by atoms with Gasteiger partial charge in [-0.15, -0.1) is 0 Å². The predicted molar refractivity (Wildman–Crippen MR) is 75.5 cm³/mol. The Morgan fingerprint density at radius 3 is 2.48 bits per heavy atom. The Morgan fingerprint density at radius 1 is 1.33 bits per heavy atom. The summed E-state index contributed by atoms with van der Waals surface area (Å²) in [5, 5.41) is 11.6. The van der Waals surface area contributed by atoms with E-state index in [1.807, 2.05) is 6.92 Å². The molecule has 0 bridgehead atoms. The Balaban J connectivity index is 2.39. The molecule has 0 fully saturated rings. The second-order valence-electron chi connectivity index (χ2n) is 4.82. The van der Waals surface area contributed by atoms with Crippen LogP contribution in [-0.4, -0.2) is 29.6 Å². The Bertz CT molecular complexity index is 475. The van der Waals surface area contributed by atoms with Crippen LogP contribution in [-0.2, 0) is 9.59 Å². The number of carboxylic acids is 1. The van der Waals surface area contributed by atoms with Gasteiger partial charge >= 0.3 is 5.97 Å². The molecule has 0 saturated carbocycles. The number of nitrogens with one attached hydrogen (secondary N) is 1. The molecule has 1 rings (SSSR count). The van der Waals surface area contributed by atoms with E-state index >= 15 is 0 Å². The third-order valence-electron chi connectivity index (χ3n) is 3.21. The topological polar surface area (TPSA) is 75.6 Å². The summed E-state index contributed by atoms with van der Waals surface area (Å²) in [6.45, 7) is 3.74. The zero-order chi connectivity index (χ0) is 15.8. The third kappa shape index (κ3) is 5.81. The number of carboxylic acid groups (broad SMARTS) is 1. The van der Waals surface area contributed by atoms with Gasteiger partial charge in [-0.05, 0) is 30.2 Å². The Morgan fingerprint density at radius 2 is 1.95 bits per heavy atom. The van der Waals surface area contributed by atoms with Gasteiger partial charge in [0.1, 0.15) is 17.6 Å². The van der Waals surface area contributed by atoms with Crippen LogP contribution in [0.2, 0.25) is 0 Å². The highest BCUT2D eigenvalue weighted by Gasteiger charge is 2.24. The molecule has 0 aliphatic rings. The number of rotatable bonds is 8. The lowest BCUT2D eigenvalue weighted by Gasteiger charge is -2.20. The fourth-order valence-corrected chi connectivity index (χ4v) is 1.72. The largest absolute Gasteiger partial charge is 0.493 e. The van der Waals surface area contributed by atoms with E-state index in [1.54, 1.807) is 6.92 Å². The number of amides is 1. The van der Waals surface area contributed by atoms with Crippen molar-refractivity contribution < 1.29 is 23.8 Å². The van der Waals surface area contributed by atoms with E-state index in [0.717, 1.165) is 0 Å². The standard InChI is InChI=1S/C15H20FNO4/c1-3-10(2)14(15(19)20)17-13(18)8-9-21-12-6-4-11(16)5-7-12/h4-7,10,14H,3,8-9H2,1-2H3,(H,17,18)(H,19,20)/t10?,14-/m0/s1. The summed E-state index contributed by atoms with van der Waals surface area (Å²) in [5.74, 6) is -1.48. The van der Waals surface area contributed by atoms with E-state index in [1.165, 1.54) is 24.3 Å². The molecule has 1 aromatic carbocycles. The molecule has 116 valence electrons. The molecule has 5 nitrogen and oxygen atoms in total. The van der Waals surface area contributed by atoms with E-state index in [0.29, 0.717) is 12.2 Å². The molecule has 2 atom stereocenters. The van der Waals surface area contributed by atoms with Crippen LogP contribution in [0.25, 0.3) is 0 Å². The van der Waals surface area contributed by atoms with Gasteiger partial charge in [0.2, 0.25) is 5.91 Å². The number of halogens is 1. The highest BCUT2D eigenvalue weighted by Crippen LogP contribution is 2.11. The molecule has 0 aliphatic heterocycles. The van der Waals surface area contributed by atoms with E-state index in [-0.39, 0.29) is 30.7 Å². The summed E-state index contributed by atoms with van der Waals surface area (Å²) >= 11 is 0. The molecule has 2 N–H and O–H groups in total. The van der Waals surface area contributed by atoms with Crippen LogP contribution in [0, 0.1) is 11.7 Å². The van der Waals surface area contributed by atoms with E-state index in [9.17, 15) is 14.0 Å². The molecule has 0 aromatic heterocycles. The van der Waals surface area contributed by atoms with E-state index < -0.39 is 12.0 Å². The minimum absolute atomic E-state index is 0.0393. The van der Waals surface area contributed by atoms with Crippen molar-refractivity contribution in [2.45, 2.75) is 32.7 Å². The van der Waals surface area contributed by atoms with Crippen molar-refractivity contribution in [3.8, 4) is 5.75 Å². The lowest BCUT2D eigenvalue weighted by atomic mass is 9.99. The van der Waals surface area contributed by atoms with Crippen molar-refractivity contribution in [2.24, 2.45) is 5.92 Å². The first kappa shape index (κ1) is 16.9. The van der Waals surface area contributed by atoms with Crippen LogP contribution < -0.4 is 10.1 Å². The van der Waals surface area contributed by atoms with Crippen LogP contribution in [0.1, 0.15) is 26.7 Å². The van der Waals surface area contributed by atoms with Crippen molar-refractivity contribution in [1.29, 1.82) is 0 Å². The summed E-state index contributed by atoms with van der Waals surface area (Å²) in [4.78, 5) is 22.8. The fraction of sp³-hybridized carbons (Fsp3) is 0.467. The summed E-state index contributed by atoms with van der Waals surface area (Å²) in [5.41, 5.74) is 0. The second-order valence-corrected chi connectivity index (χ2v) is 4.82. The highest BCUT2D eigenvalue weighted by molar-refractivity contribution is 5.83. The number of benzene rings is 1. The van der Waals surface area contributed by atoms with Gasteiger partial charge in [-0.1, -0.05) is 20.3 Å². The molecule has 1 unspecified atom stereocenters. The lowest BCUT2D eigenvalue weighted by Crippen LogP contribution is -2.45. The summed E-state index contributed by atoms with van der Waals surface area (Å²) in [7, 11) is 0. The van der Waals surface area contributed by atoms with Gasteiger partial charge in [-0.25, -0.2) is 9.18 Å². The molecular weight excluding hydrogens is 277 g/mol. The third-order valence-corrected chi connectivity index (χ3v) is 3.21. The summed E-state index contributed by atoms with van der Waals surface area (Å²) in [6, 6.07) is 4.56. The fourth-order valence-electron chi connectivity index (χ4n) is 1.72. The van der Waals surface area contributed by atoms with Crippen LogP contribution in [0.3, 0.4) is 0 Å². The molecule has 21 heavy (non-hydrogen) atoms. The number of hydrogen-bond donors (Lipinski definition) is 2. The Labute approximate surface area is 123 Å². The number of carbonyl (C=O) groups is 2. The molecule has 0 heterocycles. The lowest BCUT2D eigenvalue weighted by molar-refractivity contribution is -0.143. The first-order chi connectivity index (χ1) is 9.93. The Kier molecular flexibility index (Phi) is 6.65. The van der Waals surface area contributed by atoms with E-state index in [4.69, 9.17) is 9.84 Å². The molecule has 1 amide bonds. The Hall–Kier alpha value is -2.11. The molecular formula is C15H20FNO4. The number of hydrogen-bond acceptors (Lipinski definition) is 3. The first-order valence-corrected chi connectivity index (χ1v) is 6.84. The van der Waals surface area contributed by atoms with Crippen LogP contribution in [0.4, 0.5) is 4.39 Å². The molecule has 0 spiro atoms. The van der Waals surface area contributed by atoms with Crippen LogP contribution in [0.15, 0.2) is 24.3 Å². The summed E-state index contributed by atoms with van der Waals surface area (Å²) < 4.78 is 18.0. The monoisotopic (exact) mass is 297 g/mol. The van der Waals surface area contributed by atoms with Crippen molar-refractivity contribution in [2.75, 3.05) is 6.61 Å². The van der Waals surface area contributed by atoms with Gasteiger partial charge in [0.05, 0.1) is 13.0 Å². The highest BCUT2D eigenvalue weighted by atomic mass is 19.1. The maximum atomic E-state index is 12.7. The number of ether oxygens (including phenoxy) is 1. The SMILES string of the molecule is CCC(C)[C@H](NC(=O)CCOc1ccc(F)cc1)C(=O)O. The minimum atomic E-state index is -1.04. The normalized spacial score (nSPS) is 13.3. The van der Waals surface area contributed by atoms with Gasteiger partial charge in [0.15, 0.2) is 0 Å². The molecule has 0 saturated heterocycles. The zero-order valence-electron chi connectivity index (χ0n) is 12.1. The van der Waals surface area contributed by atoms with Gasteiger partial charge in [-0.3, -0.25) is 4.79 Å². The number of aliphatic carboxylic acids is 1. The molecule has 0 aliphatic carbocycles. The van der Waals surface area contributed by atoms with Crippen molar-refractivity contribution in [3.05, 3.63) is 30.1 Å². The van der Waals surface area contributed by atoms with Crippen LogP contribution >= 0.6 is 0 Å². The molecule has 1 aromatic rings. The second kappa shape index (κ2) is 8.24. The van der Waals surface area contributed by atoms with Crippen LogP contribution in [0.5, 0.6) is 5.75 Å². The quantitative estimate of drug-likeness (QED) is 0.771. The average molecular weight is 297 g/mol. The van der Waals surface area contributed by atoms with Gasteiger partial charge in [0, 0.05) is 0 Å². The molecule has 0 radical (unpaired) electrons. The first-order valence-electron chi connectivity index (χ1n) is 6.84. The van der Waals surface area contributed by atoms with Crippen molar-refractivity contribution in [3.63, 3.8) is 0 Å². The predicted octanol–water partition coefficient (Wildman–Crippen LogP) is 2.21. The number of carbonyl (C=O) groups excluding carboxylic acids is 1. The van der Waals surface area contributed by atoms with E-state index in [2.05, 4.69) is 5.32 Å². The van der Waals surface area contributed by atoms with Gasteiger partial charge < -0.3 is 15.2 Å². The maximum Gasteiger partial charge on any atom is 0.326 e. The summed E-state index contributed by atoms with van der Waals surface area (Å²) in [6.07, 6.45) is 0.695. The van der Waals surface area contributed by atoms with Gasteiger partial charge in [0.25, 0.3) is 0 Å². The maximum absolute atomic E-state index is 12.7. The average Bonchev–Trinajstić information content (AvgIpc) is 2.45. The zero-order valence-corrected chi connectivity index (χ0v) is 12.1. The molecule has 6 heteroatoms. The van der Waals surface area contributed by atoms with Crippen molar-refractivity contribution in [1.82, 2.24) is 5.32 Å². The smallest absolute Gasteiger partial charge is 0.326 e. The van der Waals surface area contributed by atoms with Crippen molar-refractivity contribution >= 4 is 11.9 Å².